The molecule has 3 rings (SSSR count). The minimum atomic E-state index is -3.24. The zero-order chi connectivity index (χ0) is 17.2. The van der Waals surface area contributed by atoms with Crippen LogP contribution in [0.2, 0.25) is 0 Å². The number of pyridine rings is 1. The molecule has 0 radical (unpaired) electrons. The van der Waals surface area contributed by atoms with E-state index in [0.29, 0.717) is 12.1 Å². The van der Waals surface area contributed by atoms with E-state index in [2.05, 4.69) is 15.0 Å². The maximum absolute atomic E-state index is 13.4. The van der Waals surface area contributed by atoms with E-state index in [0.717, 1.165) is 24.2 Å². The van der Waals surface area contributed by atoms with Crippen LogP contribution in [-0.4, -0.2) is 38.3 Å². The third kappa shape index (κ3) is 4.37. The number of nitrogens with one attached hydrogen (secondary N) is 2. The quantitative estimate of drug-likeness (QED) is 0.862. The molecular formula is C17H20FN3O2S. The predicted molar refractivity (Wildman–Crippen MR) is 91.5 cm³/mol. The summed E-state index contributed by atoms with van der Waals surface area (Å²) >= 11 is 0. The lowest BCUT2D eigenvalue weighted by molar-refractivity contribution is 0.491. The summed E-state index contributed by atoms with van der Waals surface area (Å²) in [6.07, 6.45) is 2.53. The van der Waals surface area contributed by atoms with Crippen LogP contribution in [0.25, 0.3) is 11.3 Å². The third-order valence-corrected chi connectivity index (χ3v) is 4.80. The van der Waals surface area contributed by atoms with Crippen molar-refractivity contribution < 1.29 is 12.8 Å². The second-order valence-corrected chi connectivity index (χ2v) is 7.85. The predicted octanol–water partition coefficient (Wildman–Crippen LogP) is 1.71. The molecule has 2 atom stereocenters. The van der Waals surface area contributed by atoms with Crippen molar-refractivity contribution in [2.24, 2.45) is 0 Å². The number of benzene rings is 1. The van der Waals surface area contributed by atoms with Crippen LogP contribution >= 0.6 is 0 Å². The Labute approximate surface area is 141 Å². The first kappa shape index (κ1) is 17.0. The Kier molecular flexibility index (Phi) is 4.93. The van der Waals surface area contributed by atoms with Gasteiger partial charge in [-0.1, -0.05) is 18.2 Å². The minimum Gasteiger partial charge on any atom is -0.312 e. The normalized spacial score (nSPS) is 21.1. The first-order valence-electron chi connectivity index (χ1n) is 7.83. The van der Waals surface area contributed by atoms with Gasteiger partial charge in [0.1, 0.15) is 5.82 Å². The van der Waals surface area contributed by atoms with Crippen LogP contribution in [0.5, 0.6) is 0 Å². The molecule has 0 aliphatic carbocycles. The number of sulfonamides is 1. The highest BCUT2D eigenvalue weighted by molar-refractivity contribution is 7.88. The SMILES string of the molecule is CS(=O)(=O)NC1CCNC1Cc1cccc(-c2cccc(F)c2)n1. The van der Waals surface area contributed by atoms with Crippen LogP contribution in [-0.2, 0) is 16.4 Å². The number of rotatable bonds is 5. The van der Waals surface area contributed by atoms with E-state index in [-0.39, 0.29) is 17.9 Å². The van der Waals surface area contributed by atoms with Crippen molar-refractivity contribution in [2.45, 2.75) is 24.9 Å². The van der Waals surface area contributed by atoms with Gasteiger partial charge >= 0.3 is 0 Å². The molecule has 1 aromatic heterocycles. The van der Waals surface area contributed by atoms with Crippen LogP contribution < -0.4 is 10.0 Å². The molecule has 24 heavy (non-hydrogen) atoms. The first-order valence-corrected chi connectivity index (χ1v) is 9.72. The molecular weight excluding hydrogens is 329 g/mol. The van der Waals surface area contributed by atoms with Gasteiger partial charge in [0.2, 0.25) is 10.0 Å². The highest BCUT2D eigenvalue weighted by Crippen LogP contribution is 2.20. The minimum absolute atomic E-state index is 0.00464. The maximum atomic E-state index is 13.4. The number of halogens is 1. The van der Waals surface area contributed by atoms with E-state index in [9.17, 15) is 12.8 Å². The van der Waals surface area contributed by atoms with E-state index < -0.39 is 10.0 Å². The largest absolute Gasteiger partial charge is 0.312 e. The van der Waals surface area contributed by atoms with Gasteiger partial charge in [0, 0.05) is 29.8 Å². The van der Waals surface area contributed by atoms with Crippen molar-refractivity contribution in [1.29, 1.82) is 0 Å². The Morgan fingerprint density at radius 2 is 2.08 bits per heavy atom. The molecule has 2 aromatic rings. The molecule has 1 saturated heterocycles. The fourth-order valence-corrected chi connectivity index (χ4v) is 3.86. The van der Waals surface area contributed by atoms with E-state index in [1.807, 2.05) is 24.3 Å². The van der Waals surface area contributed by atoms with Crippen molar-refractivity contribution in [3.8, 4) is 11.3 Å². The topological polar surface area (TPSA) is 71.1 Å². The summed E-state index contributed by atoms with van der Waals surface area (Å²) in [7, 11) is -3.24. The fraction of sp³-hybridized carbons (Fsp3) is 0.353. The van der Waals surface area contributed by atoms with Gasteiger partial charge in [0.15, 0.2) is 0 Å². The number of aromatic nitrogens is 1. The van der Waals surface area contributed by atoms with Gasteiger partial charge in [-0.15, -0.1) is 0 Å². The molecule has 1 aromatic carbocycles. The summed E-state index contributed by atoms with van der Waals surface area (Å²) in [5.41, 5.74) is 2.27. The summed E-state index contributed by atoms with van der Waals surface area (Å²) in [5, 5.41) is 3.32. The molecule has 5 nitrogen and oxygen atoms in total. The highest BCUT2D eigenvalue weighted by Gasteiger charge is 2.29. The number of hydrogen-bond donors (Lipinski definition) is 2. The van der Waals surface area contributed by atoms with E-state index >= 15 is 0 Å². The molecule has 1 fully saturated rings. The lowest BCUT2D eigenvalue weighted by atomic mass is 10.0. The monoisotopic (exact) mass is 349 g/mol. The molecule has 1 aliphatic rings. The fourth-order valence-electron chi connectivity index (χ4n) is 3.03. The molecule has 1 aliphatic heterocycles. The summed E-state index contributed by atoms with van der Waals surface area (Å²) < 4.78 is 39.0. The van der Waals surface area contributed by atoms with Gasteiger partial charge < -0.3 is 5.32 Å². The Morgan fingerprint density at radius 1 is 1.29 bits per heavy atom. The van der Waals surface area contributed by atoms with Crippen molar-refractivity contribution in [2.75, 3.05) is 12.8 Å². The van der Waals surface area contributed by atoms with Crippen LogP contribution in [0.15, 0.2) is 42.5 Å². The van der Waals surface area contributed by atoms with Crippen molar-refractivity contribution in [3.63, 3.8) is 0 Å². The molecule has 0 amide bonds. The second kappa shape index (κ2) is 6.96. The average Bonchev–Trinajstić information content (AvgIpc) is 2.92. The Hall–Kier alpha value is -1.83. The second-order valence-electron chi connectivity index (χ2n) is 6.07. The Bertz CT molecular complexity index is 826. The Balaban J connectivity index is 1.77. The van der Waals surface area contributed by atoms with E-state index in [1.54, 1.807) is 6.07 Å². The van der Waals surface area contributed by atoms with Gasteiger partial charge in [0.25, 0.3) is 0 Å². The van der Waals surface area contributed by atoms with Crippen molar-refractivity contribution >= 4 is 10.0 Å². The van der Waals surface area contributed by atoms with Crippen LogP contribution in [0.3, 0.4) is 0 Å². The highest BCUT2D eigenvalue weighted by atomic mass is 32.2. The molecule has 0 saturated carbocycles. The molecule has 128 valence electrons. The van der Waals surface area contributed by atoms with Crippen LogP contribution in [0.4, 0.5) is 4.39 Å². The summed E-state index contributed by atoms with van der Waals surface area (Å²) in [6, 6.07) is 11.8. The standard InChI is InChI=1S/C17H20FN3O2S/c1-24(22,23)21-16-8-9-19-17(16)11-14-6-3-7-15(20-14)12-4-2-5-13(18)10-12/h2-7,10,16-17,19,21H,8-9,11H2,1H3. The lowest BCUT2D eigenvalue weighted by Gasteiger charge is -2.19. The zero-order valence-corrected chi connectivity index (χ0v) is 14.2. The Morgan fingerprint density at radius 3 is 2.83 bits per heavy atom. The van der Waals surface area contributed by atoms with E-state index in [4.69, 9.17) is 0 Å². The van der Waals surface area contributed by atoms with Crippen LogP contribution in [0, 0.1) is 5.82 Å². The van der Waals surface area contributed by atoms with Crippen LogP contribution in [0.1, 0.15) is 12.1 Å². The van der Waals surface area contributed by atoms with Gasteiger partial charge in [-0.3, -0.25) is 4.98 Å². The molecule has 0 bridgehead atoms. The smallest absolute Gasteiger partial charge is 0.209 e. The average molecular weight is 349 g/mol. The first-order chi connectivity index (χ1) is 11.4. The molecule has 2 heterocycles. The summed E-state index contributed by atoms with van der Waals surface area (Å²) in [4.78, 5) is 4.59. The van der Waals surface area contributed by atoms with Gasteiger partial charge in [-0.2, -0.15) is 0 Å². The van der Waals surface area contributed by atoms with Crippen molar-refractivity contribution in [1.82, 2.24) is 15.0 Å². The van der Waals surface area contributed by atoms with Crippen molar-refractivity contribution in [3.05, 3.63) is 54.0 Å². The summed E-state index contributed by atoms with van der Waals surface area (Å²) in [6.45, 7) is 0.765. The van der Waals surface area contributed by atoms with Gasteiger partial charge in [0.05, 0.1) is 11.9 Å². The molecule has 2 N–H and O–H groups in total. The zero-order valence-electron chi connectivity index (χ0n) is 13.4. The van der Waals surface area contributed by atoms with E-state index in [1.165, 1.54) is 18.4 Å². The van der Waals surface area contributed by atoms with Gasteiger partial charge in [-0.25, -0.2) is 17.5 Å². The number of hydrogen-bond acceptors (Lipinski definition) is 4. The van der Waals surface area contributed by atoms with Gasteiger partial charge in [-0.05, 0) is 37.2 Å². The lowest BCUT2D eigenvalue weighted by Crippen LogP contribution is -2.44. The maximum Gasteiger partial charge on any atom is 0.209 e. The summed E-state index contributed by atoms with van der Waals surface area (Å²) in [5.74, 6) is -0.297. The third-order valence-electron chi connectivity index (χ3n) is 4.07. The molecule has 0 spiro atoms. The molecule has 7 heteroatoms. The number of nitrogens with zero attached hydrogens (tertiary/aromatic N) is 1. The molecule has 2 unspecified atom stereocenters.